The Hall–Kier alpha value is -0.840. The summed E-state index contributed by atoms with van der Waals surface area (Å²) in [5, 5.41) is 8.87. The van der Waals surface area contributed by atoms with Crippen molar-refractivity contribution in [3.8, 4) is 0 Å². The van der Waals surface area contributed by atoms with E-state index >= 15 is 0 Å². The number of carbonyl (C=O) groups is 1. The SMILES string of the molecule is O=C(O)CC(c1ncc(Br)[nH]1)C1CCC1. The van der Waals surface area contributed by atoms with Crippen LogP contribution in [0, 0.1) is 5.92 Å². The number of aliphatic carboxylic acids is 1. The minimum atomic E-state index is -0.751. The van der Waals surface area contributed by atoms with Crippen LogP contribution in [0.3, 0.4) is 0 Å². The molecule has 2 rings (SSSR count). The minimum absolute atomic E-state index is 0.0440. The zero-order chi connectivity index (χ0) is 10.8. The Kier molecular flexibility index (Phi) is 3.09. The molecule has 0 bridgehead atoms. The molecule has 0 amide bonds. The van der Waals surface area contributed by atoms with Gasteiger partial charge < -0.3 is 10.1 Å². The van der Waals surface area contributed by atoms with Gasteiger partial charge in [0.25, 0.3) is 0 Å². The Bertz CT molecular complexity index is 360. The van der Waals surface area contributed by atoms with Crippen LogP contribution in [0.15, 0.2) is 10.8 Å². The number of carboxylic acid groups (broad SMARTS) is 1. The van der Waals surface area contributed by atoms with E-state index in [2.05, 4.69) is 25.9 Å². The van der Waals surface area contributed by atoms with Crippen molar-refractivity contribution in [1.82, 2.24) is 9.97 Å². The van der Waals surface area contributed by atoms with Crippen LogP contribution in [0.1, 0.15) is 37.4 Å². The number of H-pyrrole nitrogens is 1. The molecule has 1 aliphatic carbocycles. The molecule has 0 aliphatic heterocycles. The van der Waals surface area contributed by atoms with Crippen LogP contribution in [0.4, 0.5) is 0 Å². The molecule has 1 atom stereocenters. The highest BCUT2D eigenvalue weighted by Gasteiger charge is 2.31. The van der Waals surface area contributed by atoms with Crippen molar-refractivity contribution in [1.29, 1.82) is 0 Å². The second-order valence-corrected chi connectivity index (χ2v) is 4.87. The van der Waals surface area contributed by atoms with Crippen LogP contribution in [0.5, 0.6) is 0 Å². The molecule has 0 aromatic carbocycles. The first-order valence-corrected chi connectivity index (χ1v) is 5.88. The van der Waals surface area contributed by atoms with E-state index in [4.69, 9.17) is 5.11 Å². The van der Waals surface area contributed by atoms with Crippen LogP contribution < -0.4 is 0 Å². The van der Waals surface area contributed by atoms with Crippen molar-refractivity contribution in [2.45, 2.75) is 31.6 Å². The van der Waals surface area contributed by atoms with Crippen LogP contribution in [-0.4, -0.2) is 21.0 Å². The van der Waals surface area contributed by atoms with E-state index in [0.717, 1.165) is 23.3 Å². The Morgan fingerprint density at radius 2 is 2.47 bits per heavy atom. The molecule has 1 unspecified atom stereocenters. The van der Waals surface area contributed by atoms with E-state index < -0.39 is 5.97 Å². The molecule has 1 saturated carbocycles. The predicted molar refractivity (Wildman–Crippen MR) is 58.6 cm³/mol. The summed E-state index contributed by atoms with van der Waals surface area (Å²) in [6, 6.07) is 0. The lowest BCUT2D eigenvalue weighted by Gasteiger charge is -2.31. The molecule has 1 heterocycles. The summed E-state index contributed by atoms with van der Waals surface area (Å²) in [4.78, 5) is 18.1. The van der Waals surface area contributed by atoms with Crippen molar-refractivity contribution < 1.29 is 9.90 Å². The molecule has 82 valence electrons. The van der Waals surface area contributed by atoms with Crippen molar-refractivity contribution >= 4 is 21.9 Å². The first-order chi connectivity index (χ1) is 7.16. The predicted octanol–water partition coefficient (Wildman–Crippen LogP) is 2.53. The highest BCUT2D eigenvalue weighted by Crippen LogP contribution is 2.40. The summed E-state index contributed by atoms with van der Waals surface area (Å²) in [7, 11) is 0. The summed E-state index contributed by atoms with van der Waals surface area (Å²) >= 11 is 3.29. The van der Waals surface area contributed by atoms with Gasteiger partial charge in [-0.15, -0.1) is 0 Å². The molecular formula is C10H13BrN2O2. The van der Waals surface area contributed by atoms with E-state index in [1.807, 2.05) is 0 Å². The van der Waals surface area contributed by atoms with Gasteiger partial charge >= 0.3 is 5.97 Å². The number of aromatic nitrogens is 2. The smallest absolute Gasteiger partial charge is 0.304 e. The Balaban J connectivity index is 2.13. The van der Waals surface area contributed by atoms with Crippen LogP contribution in [-0.2, 0) is 4.79 Å². The van der Waals surface area contributed by atoms with E-state index in [0.29, 0.717) is 5.92 Å². The second-order valence-electron chi connectivity index (χ2n) is 4.01. The monoisotopic (exact) mass is 272 g/mol. The molecule has 0 spiro atoms. The fourth-order valence-electron chi connectivity index (χ4n) is 2.02. The van der Waals surface area contributed by atoms with Crippen molar-refractivity contribution in [2.24, 2.45) is 5.92 Å². The quantitative estimate of drug-likeness (QED) is 0.885. The largest absolute Gasteiger partial charge is 0.481 e. The molecule has 2 N–H and O–H groups in total. The third kappa shape index (κ3) is 2.40. The number of hydrogen-bond donors (Lipinski definition) is 2. The second kappa shape index (κ2) is 4.35. The highest BCUT2D eigenvalue weighted by molar-refractivity contribution is 9.10. The molecule has 1 aromatic rings. The number of hydrogen-bond acceptors (Lipinski definition) is 2. The van der Waals surface area contributed by atoms with Crippen molar-refractivity contribution in [3.63, 3.8) is 0 Å². The molecule has 4 nitrogen and oxygen atoms in total. The van der Waals surface area contributed by atoms with Gasteiger partial charge in [-0.3, -0.25) is 4.79 Å². The molecule has 0 saturated heterocycles. The number of rotatable bonds is 4. The van der Waals surface area contributed by atoms with Gasteiger partial charge in [-0.05, 0) is 34.7 Å². The van der Waals surface area contributed by atoms with E-state index in [-0.39, 0.29) is 12.3 Å². The first kappa shape index (κ1) is 10.7. The average molecular weight is 273 g/mol. The average Bonchev–Trinajstić information content (AvgIpc) is 2.46. The lowest BCUT2D eigenvalue weighted by atomic mass is 9.74. The third-order valence-corrected chi connectivity index (χ3v) is 3.43. The zero-order valence-corrected chi connectivity index (χ0v) is 9.83. The van der Waals surface area contributed by atoms with Gasteiger partial charge in [0, 0.05) is 5.92 Å². The van der Waals surface area contributed by atoms with Crippen LogP contribution in [0.25, 0.3) is 0 Å². The van der Waals surface area contributed by atoms with Crippen LogP contribution >= 0.6 is 15.9 Å². The third-order valence-electron chi connectivity index (χ3n) is 3.03. The topological polar surface area (TPSA) is 66.0 Å². The summed E-state index contributed by atoms with van der Waals surface area (Å²) in [6.07, 6.45) is 5.31. The number of nitrogens with one attached hydrogen (secondary N) is 1. The summed E-state index contributed by atoms with van der Waals surface area (Å²) < 4.78 is 0.812. The summed E-state index contributed by atoms with van der Waals surface area (Å²) in [6.45, 7) is 0. The molecule has 15 heavy (non-hydrogen) atoms. The lowest BCUT2D eigenvalue weighted by molar-refractivity contribution is -0.138. The van der Waals surface area contributed by atoms with Crippen molar-refractivity contribution in [2.75, 3.05) is 0 Å². The maximum Gasteiger partial charge on any atom is 0.304 e. The van der Waals surface area contributed by atoms with E-state index in [1.54, 1.807) is 6.20 Å². The molecular weight excluding hydrogens is 260 g/mol. The molecule has 0 radical (unpaired) electrons. The minimum Gasteiger partial charge on any atom is -0.481 e. The van der Waals surface area contributed by atoms with E-state index in [1.165, 1.54) is 6.42 Å². The molecule has 1 fully saturated rings. The standard InChI is InChI=1S/C10H13BrN2O2/c11-8-5-12-10(13-8)7(4-9(14)15)6-2-1-3-6/h5-7H,1-4H2,(H,12,13)(H,14,15). The molecule has 1 aliphatic rings. The number of nitrogens with zero attached hydrogens (tertiary/aromatic N) is 1. The molecule has 1 aromatic heterocycles. The highest BCUT2D eigenvalue weighted by atomic mass is 79.9. The normalized spacial score (nSPS) is 18.5. The maximum atomic E-state index is 10.8. The van der Waals surface area contributed by atoms with Gasteiger partial charge in [0.1, 0.15) is 10.4 Å². The number of aromatic amines is 1. The first-order valence-electron chi connectivity index (χ1n) is 5.09. The summed E-state index contributed by atoms with van der Waals surface area (Å²) in [5.41, 5.74) is 0. The Morgan fingerprint density at radius 1 is 1.73 bits per heavy atom. The fourth-order valence-corrected chi connectivity index (χ4v) is 2.32. The van der Waals surface area contributed by atoms with Gasteiger partial charge in [-0.25, -0.2) is 4.98 Å². The van der Waals surface area contributed by atoms with Gasteiger partial charge in [0.2, 0.25) is 0 Å². The number of halogens is 1. The van der Waals surface area contributed by atoms with E-state index in [9.17, 15) is 4.79 Å². The summed E-state index contributed by atoms with van der Waals surface area (Å²) in [5.74, 6) is 0.579. The Morgan fingerprint density at radius 3 is 2.87 bits per heavy atom. The zero-order valence-electron chi connectivity index (χ0n) is 8.24. The maximum absolute atomic E-state index is 10.8. The van der Waals surface area contributed by atoms with Gasteiger partial charge in [-0.1, -0.05) is 6.42 Å². The molecule has 5 heteroatoms. The fraction of sp³-hybridized carbons (Fsp3) is 0.600. The van der Waals surface area contributed by atoms with Gasteiger partial charge in [0.05, 0.1) is 12.6 Å². The number of imidazole rings is 1. The lowest BCUT2D eigenvalue weighted by Crippen LogP contribution is -2.23. The van der Waals surface area contributed by atoms with Gasteiger partial charge in [0.15, 0.2) is 0 Å². The Labute approximate surface area is 96.2 Å². The number of carboxylic acids is 1. The van der Waals surface area contributed by atoms with Crippen LogP contribution in [0.2, 0.25) is 0 Å². The van der Waals surface area contributed by atoms with Gasteiger partial charge in [-0.2, -0.15) is 0 Å². The van der Waals surface area contributed by atoms with Crippen molar-refractivity contribution in [3.05, 3.63) is 16.6 Å².